The largest absolute Gasteiger partial charge is 0.395 e. The Morgan fingerprint density at radius 3 is 2.81 bits per heavy atom. The third-order valence-corrected chi connectivity index (χ3v) is 7.00. The van der Waals surface area contributed by atoms with Crippen LogP contribution in [-0.4, -0.2) is 95.5 Å². The van der Waals surface area contributed by atoms with Crippen LogP contribution >= 0.6 is 11.8 Å². The minimum absolute atomic E-state index is 0.125. The van der Waals surface area contributed by atoms with Gasteiger partial charge in [-0.05, 0) is 26.2 Å². The summed E-state index contributed by atoms with van der Waals surface area (Å²) in [6.45, 7) is 5.64. The standard InChI is InChI=1S/C20H33N5O5S/c1-3-6-23-12-15(21-22-23)5-4-8-30-9-7-24-19(28)14(2)11-25(20(24)29)18-10-16(27)17(13-26)31-18/h11-12,16-18,20,26-27,29H,3-10,13H2,1-2H3. The van der Waals surface area contributed by atoms with Gasteiger partial charge in [-0.15, -0.1) is 16.9 Å². The van der Waals surface area contributed by atoms with Crippen molar-refractivity contribution in [3.63, 3.8) is 0 Å². The summed E-state index contributed by atoms with van der Waals surface area (Å²) < 4.78 is 7.52. The van der Waals surface area contributed by atoms with Gasteiger partial charge in [-0.2, -0.15) is 0 Å². The normalized spacial score (nSPS) is 26.6. The van der Waals surface area contributed by atoms with E-state index in [1.165, 1.54) is 16.7 Å². The van der Waals surface area contributed by atoms with Gasteiger partial charge in [-0.25, -0.2) is 0 Å². The number of ether oxygens (including phenoxy) is 1. The fourth-order valence-electron chi connectivity index (χ4n) is 3.76. The van der Waals surface area contributed by atoms with E-state index >= 15 is 0 Å². The van der Waals surface area contributed by atoms with Gasteiger partial charge in [0.05, 0.1) is 35.6 Å². The second kappa shape index (κ2) is 11.3. The molecule has 0 saturated carbocycles. The molecule has 10 nitrogen and oxygen atoms in total. The lowest BCUT2D eigenvalue weighted by Gasteiger charge is -2.42. The van der Waals surface area contributed by atoms with Crippen molar-refractivity contribution < 1.29 is 24.9 Å². The summed E-state index contributed by atoms with van der Waals surface area (Å²) in [5.74, 6) is -0.234. The Hall–Kier alpha value is -1.66. The molecular formula is C20H33N5O5S. The minimum atomic E-state index is -1.13. The number of nitrogens with zero attached hydrogens (tertiary/aromatic N) is 5. The molecule has 31 heavy (non-hydrogen) atoms. The third kappa shape index (κ3) is 5.98. The second-order valence-corrected chi connectivity index (χ2v) is 9.33. The number of carbonyl (C=O) groups excluding carboxylic acids is 1. The summed E-state index contributed by atoms with van der Waals surface area (Å²) in [6, 6.07) is 0. The van der Waals surface area contributed by atoms with Crippen LogP contribution in [0.15, 0.2) is 18.0 Å². The van der Waals surface area contributed by atoms with Gasteiger partial charge in [0.2, 0.25) is 6.35 Å². The Morgan fingerprint density at radius 1 is 1.29 bits per heavy atom. The van der Waals surface area contributed by atoms with Gasteiger partial charge in [0.1, 0.15) is 0 Å². The Bertz CT molecular complexity index is 760. The van der Waals surface area contributed by atoms with Crippen molar-refractivity contribution in [2.45, 2.75) is 69.2 Å². The number of aliphatic hydroxyl groups is 3. The average Bonchev–Trinajstić information content (AvgIpc) is 3.35. The molecule has 1 fully saturated rings. The predicted octanol–water partition coefficient (Wildman–Crippen LogP) is 0.146. The summed E-state index contributed by atoms with van der Waals surface area (Å²) >= 11 is 1.41. The highest BCUT2D eigenvalue weighted by atomic mass is 32.2. The summed E-state index contributed by atoms with van der Waals surface area (Å²) in [7, 11) is 0. The molecule has 4 atom stereocenters. The zero-order valence-electron chi connectivity index (χ0n) is 18.1. The maximum atomic E-state index is 12.5. The van der Waals surface area contributed by atoms with Gasteiger partial charge >= 0.3 is 0 Å². The maximum absolute atomic E-state index is 12.5. The number of aromatic nitrogens is 3. The Morgan fingerprint density at radius 2 is 2.10 bits per heavy atom. The van der Waals surface area contributed by atoms with Crippen LogP contribution in [0.1, 0.15) is 38.8 Å². The van der Waals surface area contributed by atoms with Crippen molar-refractivity contribution >= 4 is 17.7 Å². The van der Waals surface area contributed by atoms with Gasteiger partial charge in [0, 0.05) is 44.1 Å². The van der Waals surface area contributed by atoms with Crippen molar-refractivity contribution in [2.75, 3.05) is 26.4 Å². The molecule has 1 aromatic rings. The Labute approximate surface area is 186 Å². The molecule has 174 valence electrons. The summed E-state index contributed by atoms with van der Waals surface area (Å²) in [4.78, 5) is 15.6. The van der Waals surface area contributed by atoms with E-state index in [2.05, 4.69) is 17.2 Å². The number of aliphatic hydroxyl groups excluding tert-OH is 3. The molecule has 3 N–H and O–H groups in total. The zero-order chi connectivity index (χ0) is 22.4. The molecule has 0 aliphatic carbocycles. The van der Waals surface area contributed by atoms with E-state index in [0.29, 0.717) is 25.2 Å². The first kappa shape index (κ1) is 24.0. The van der Waals surface area contributed by atoms with E-state index in [1.807, 2.05) is 10.9 Å². The Kier molecular flexibility index (Phi) is 8.73. The average molecular weight is 456 g/mol. The quantitative estimate of drug-likeness (QED) is 0.400. The van der Waals surface area contributed by atoms with Gasteiger partial charge < -0.3 is 25.0 Å². The first-order valence-electron chi connectivity index (χ1n) is 10.8. The lowest BCUT2D eigenvalue weighted by molar-refractivity contribution is -0.157. The monoisotopic (exact) mass is 455 g/mol. The molecule has 2 aliphatic heterocycles. The summed E-state index contributed by atoms with van der Waals surface area (Å²) in [6.07, 6.45) is 4.83. The summed E-state index contributed by atoms with van der Waals surface area (Å²) in [5.41, 5.74) is 1.45. The van der Waals surface area contributed by atoms with Crippen LogP contribution in [0.3, 0.4) is 0 Å². The lowest BCUT2D eigenvalue weighted by atomic mass is 10.1. The molecule has 3 rings (SSSR count). The van der Waals surface area contributed by atoms with Gasteiger partial charge in [0.25, 0.3) is 5.91 Å². The number of rotatable bonds is 11. The first-order valence-corrected chi connectivity index (χ1v) is 11.7. The molecule has 0 aromatic carbocycles. The van der Waals surface area contributed by atoms with Crippen LogP contribution in [-0.2, 0) is 22.5 Å². The van der Waals surface area contributed by atoms with Crippen LogP contribution in [0, 0.1) is 0 Å². The SMILES string of the molecule is CCCn1cc(CCCOCCN2C(=O)C(C)=CN(C3CC(O)C(CO)S3)C2O)nn1. The van der Waals surface area contributed by atoms with Crippen LogP contribution in [0.5, 0.6) is 0 Å². The topological polar surface area (TPSA) is 124 Å². The highest BCUT2D eigenvalue weighted by Gasteiger charge is 2.41. The van der Waals surface area contributed by atoms with Crippen LogP contribution in [0.4, 0.5) is 0 Å². The first-order chi connectivity index (χ1) is 14.9. The van der Waals surface area contributed by atoms with Gasteiger partial charge in [-0.1, -0.05) is 12.1 Å². The molecule has 4 unspecified atom stereocenters. The fraction of sp³-hybridized carbons (Fsp3) is 0.750. The molecule has 0 spiro atoms. The van der Waals surface area contributed by atoms with Crippen LogP contribution in [0.2, 0.25) is 0 Å². The van der Waals surface area contributed by atoms with Crippen molar-refractivity contribution in [1.29, 1.82) is 0 Å². The van der Waals surface area contributed by atoms with Gasteiger partial charge in [0.15, 0.2) is 0 Å². The van der Waals surface area contributed by atoms with E-state index in [0.717, 1.165) is 31.5 Å². The van der Waals surface area contributed by atoms with Crippen LogP contribution < -0.4 is 0 Å². The molecule has 11 heteroatoms. The number of amides is 1. The highest BCUT2D eigenvalue weighted by Crippen LogP contribution is 2.38. The summed E-state index contributed by atoms with van der Waals surface area (Å²) in [5, 5.41) is 37.9. The molecule has 0 radical (unpaired) electrons. The number of hydrogen-bond acceptors (Lipinski definition) is 9. The van der Waals surface area contributed by atoms with Crippen molar-refractivity contribution in [1.82, 2.24) is 24.8 Å². The number of aryl methyl sites for hydroxylation is 2. The second-order valence-electron chi connectivity index (χ2n) is 7.91. The van der Waals surface area contributed by atoms with Gasteiger partial charge in [-0.3, -0.25) is 14.4 Å². The number of thioether (sulfide) groups is 1. The molecule has 2 aliphatic rings. The van der Waals surface area contributed by atoms with E-state index in [9.17, 15) is 20.1 Å². The van der Waals surface area contributed by atoms with Crippen molar-refractivity contribution in [3.8, 4) is 0 Å². The van der Waals surface area contributed by atoms with E-state index in [-0.39, 0.29) is 29.7 Å². The zero-order valence-corrected chi connectivity index (χ0v) is 18.9. The smallest absolute Gasteiger partial charge is 0.254 e. The molecule has 0 bridgehead atoms. The number of hydrogen-bond donors (Lipinski definition) is 3. The van der Waals surface area contributed by atoms with E-state index < -0.39 is 12.5 Å². The van der Waals surface area contributed by atoms with Crippen LogP contribution in [0.25, 0.3) is 0 Å². The predicted molar refractivity (Wildman–Crippen MR) is 116 cm³/mol. The molecule has 3 heterocycles. The minimum Gasteiger partial charge on any atom is -0.395 e. The fourth-order valence-corrected chi connectivity index (χ4v) is 5.16. The highest BCUT2D eigenvalue weighted by molar-refractivity contribution is 8.00. The third-order valence-electron chi connectivity index (χ3n) is 5.44. The molecular weight excluding hydrogens is 422 g/mol. The Balaban J connectivity index is 1.43. The lowest BCUT2D eigenvalue weighted by Crippen LogP contribution is -2.55. The van der Waals surface area contributed by atoms with E-state index in [1.54, 1.807) is 18.0 Å². The van der Waals surface area contributed by atoms with Crippen molar-refractivity contribution in [2.24, 2.45) is 0 Å². The van der Waals surface area contributed by atoms with Crippen molar-refractivity contribution in [3.05, 3.63) is 23.7 Å². The molecule has 1 saturated heterocycles. The maximum Gasteiger partial charge on any atom is 0.254 e. The van der Waals surface area contributed by atoms with E-state index in [4.69, 9.17) is 4.74 Å². The molecule has 1 amide bonds. The number of carbonyl (C=O) groups is 1. The molecule has 1 aromatic heterocycles.